The molecule has 2 aromatic heterocycles. The fraction of sp³-hybridized carbons (Fsp3) is 0.581. The molecule has 19 heteroatoms. The number of hydrogen-bond donors (Lipinski definition) is 3. The summed E-state index contributed by atoms with van der Waals surface area (Å²) in [6, 6.07) is 14.5. The van der Waals surface area contributed by atoms with Crippen LogP contribution in [0.5, 0.6) is 0 Å². The van der Waals surface area contributed by atoms with Gasteiger partial charge in [0.15, 0.2) is 0 Å². The van der Waals surface area contributed by atoms with Crippen LogP contribution in [-0.4, -0.2) is 135 Å². The highest BCUT2D eigenvalue weighted by atomic mass is 35.5. The van der Waals surface area contributed by atoms with Crippen LogP contribution in [0.3, 0.4) is 0 Å². The zero-order valence-electron chi connectivity index (χ0n) is 36.8. The van der Waals surface area contributed by atoms with Crippen molar-refractivity contribution in [2.75, 3.05) is 81.8 Å². The average Bonchev–Trinajstić information content (AvgIpc) is 3.68. The van der Waals surface area contributed by atoms with E-state index in [0.29, 0.717) is 75.8 Å². The molecule has 4 saturated heterocycles. The molecule has 0 aliphatic carbocycles. The maximum Gasteiger partial charge on any atom is 0.304 e. The molecule has 2 amide bonds. The zero-order chi connectivity index (χ0) is 44.9. The number of carbonyl (C=O) groups excluding carboxylic acids is 2. The molecule has 16 nitrogen and oxygen atoms in total. The Kier molecular flexibility index (Phi) is 15.2. The Bertz CT molecular complexity index is 2270. The summed E-state index contributed by atoms with van der Waals surface area (Å²) in [7, 11) is -7.82. The van der Waals surface area contributed by atoms with Crippen LogP contribution in [0.15, 0.2) is 60.9 Å². The van der Waals surface area contributed by atoms with Gasteiger partial charge < -0.3 is 20.0 Å². The van der Waals surface area contributed by atoms with Crippen LogP contribution in [0.2, 0.25) is 5.02 Å². The first-order chi connectivity index (χ1) is 29.3. The summed E-state index contributed by atoms with van der Waals surface area (Å²) in [5.41, 5.74) is 1.51. The first-order valence-corrected chi connectivity index (χ1v) is 24.8. The summed E-state index contributed by atoms with van der Waals surface area (Å²) in [5.74, 6) is 0.734. The number of amides is 2. The van der Waals surface area contributed by atoms with Gasteiger partial charge in [0.05, 0.1) is 11.1 Å². The molecule has 4 fully saturated rings. The SMILES string of the molecule is C[C@@H]1CN(c2ncccc2C(=O)NS(=O)(=O)N2CCN(CCCc3ccc(Cl)cc3)CC2)C(C)(C)C1.C[C@@H]1CN(c2ncccc2C(=O)NS(=O)(=O)N2CCNCC2)C(C)(C)C1.[HH].[HH].[HH]. The molecule has 346 valence electrons. The highest BCUT2D eigenvalue weighted by molar-refractivity contribution is 7.88. The number of halogens is 1. The van der Waals surface area contributed by atoms with E-state index in [-0.39, 0.29) is 26.5 Å². The van der Waals surface area contributed by atoms with E-state index in [1.54, 1.807) is 36.7 Å². The lowest BCUT2D eigenvalue weighted by molar-refractivity contribution is 0.0968. The molecule has 0 radical (unpaired) electrons. The van der Waals surface area contributed by atoms with Crippen molar-refractivity contribution in [3.8, 4) is 0 Å². The molecule has 4 aliphatic heterocycles. The van der Waals surface area contributed by atoms with Crippen molar-refractivity contribution in [2.45, 2.75) is 78.3 Å². The van der Waals surface area contributed by atoms with Crippen molar-refractivity contribution < 1.29 is 30.7 Å². The van der Waals surface area contributed by atoms with Crippen LogP contribution in [-0.2, 0) is 26.8 Å². The number of aromatic nitrogens is 2. The molecule has 3 N–H and O–H groups in total. The van der Waals surface area contributed by atoms with Gasteiger partial charge in [-0.15, -0.1) is 0 Å². The van der Waals surface area contributed by atoms with E-state index in [1.807, 2.05) is 24.3 Å². The zero-order valence-corrected chi connectivity index (χ0v) is 39.2. The van der Waals surface area contributed by atoms with Crippen LogP contribution in [0, 0.1) is 11.8 Å². The monoisotopic (exact) mass is 920 g/mol. The van der Waals surface area contributed by atoms with Crippen molar-refractivity contribution >= 4 is 55.5 Å². The second-order valence-electron chi connectivity index (χ2n) is 18.2. The van der Waals surface area contributed by atoms with Gasteiger partial charge in [0.25, 0.3) is 11.8 Å². The number of piperazine rings is 2. The first kappa shape index (κ1) is 47.6. The number of benzene rings is 1. The van der Waals surface area contributed by atoms with Crippen LogP contribution < -0.4 is 24.6 Å². The van der Waals surface area contributed by atoms with Crippen LogP contribution in [0.4, 0.5) is 11.6 Å². The first-order valence-electron chi connectivity index (χ1n) is 21.5. The molecular formula is C43H69ClN10O6S2. The van der Waals surface area contributed by atoms with Crippen molar-refractivity contribution in [1.82, 2.24) is 38.2 Å². The van der Waals surface area contributed by atoms with Crippen molar-refractivity contribution in [3.63, 3.8) is 0 Å². The van der Waals surface area contributed by atoms with E-state index < -0.39 is 32.2 Å². The van der Waals surface area contributed by atoms with Gasteiger partial charge in [-0.2, -0.15) is 25.4 Å². The third-order valence-corrected chi connectivity index (χ3v) is 15.3. The Morgan fingerprint density at radius 3 is 1.61 bits per heavy atom. The number of nitrogens with zero attached hydrogens (tertiary/aromatic N) is 7. The minimum Gasteiger partial charge on any atom is -0.351 e. The minimum absolute atomic E-state index is 0. The standard InChI is InChI=1S/C26H36ClN5O3S.C17H27N5O3S.3H2/c1-20-18-26(2,3)32(19-20)24-23(7-4-12-28-24)25(33)29-36(34,35)31-16-14-30(15-17-31)13-5-6-21-8-10-22(27)11-9-21;1-13-11-17(2,3)22(12-13)15-14(5-4-6-19-15)16(23)20-26(24,25)21-9-7-18-8-10-21;;;/h4,7-12,20H,5-6,13-19H2,1-3H3,(H,29,33);4-6,13,18H,7-12H2,1-3H3,(H,20,23);3*1H/t20-;13-;;;/m00.../s1. The predicted octanol–water partition coefficient (Wildman–Crippen LogP) is 4.91. The molecule has 7 rings (SSSR count). The highest BCUT2D eigenvalue weighted by Crippen LogP contribution is 2.38. The second-order valence-corrected chi connectivity index (χ2v) is 22.0. The molecule has 6 heterocycles. The number of aryl methyl sites for hydroxylation is 1. The lowest BCUT2D eigenvalue weighted by atomic mass is 9.97. The van der Waals surface area contributed by atoms with Crippen LogP contribution in [0.1, 0.15) is 91.4 Å². The van der Waals surface area contributed by atoms with Crippen molar-refractivity contribution in [1.29, 1.82) is 0 Å². The molecule has 0 spiro atoms. The summed E-state index contributed by atoms with van der Waals surface area (Å²) in [6.45, 7) is 19.1. The normalized spacial score (nSPS) is 22.2. The fourth-order valence-corrected chi connectivity index (χ4v) is 11.6. The molecule has 0 unspecified atom stereocenters. The lowest BCUT2D eigenvalue weighted by Gasteiger charge is -2.34. The smallest absolute Gasteiger partial charge is 0.304 e. The highest BCUT2D eigenvalue weighted by Gasteiger charge is 2.41. The van der Waals surface area contributed by atoms with E-state index in [0.717, 1.165) is 50.3 Å². The van der Waals surface area contributed by atoms with E-state index in [9.17, 15) is 26.4 Å². The number of pyridine rings is 2. The molecular weight excluding hydrogens is 852 g/mol. The largest absolute Gasteiger partial charge is 0.351 e. The minimum atomic E-state index is -3.95. The Labute approximate surface area is 377 Å². The Hall–Kier alpha value is -3.91. The van der Waals surface area contributed by atoms with Gasteiger partial charge in [-0.05, 0) is 114 Å². The van der Waals surface area contributed by atoms with Gasteiger partial charge in [-0.25, -0.2) is 19.4 Å². The third kappa shape index (κ3) is 11.8. The maximum absolute atomic E-state index is 13.1. The van der Waals surface area contributed by atoms with Crippen LogP contribution >= 0.6 is 11.6 Å². The van der Waals surface area contributed by atoms with Crippen LogP contribution in [0.25, 0.3) is 0 Å². The summed E-state index contributed by atoms with van der Waals surface area (Å²) < 4.78 is 58.3. The topological polar surface area (TPSA) is 180 Å². The number of rotatable bonds is 12. The number of hydrogen-bond acceptors (Lipinski definition) is 12. The molecule has 3 aromatic rings. The third-order valence-electron chi connectivity index (χ3n) is 12.1. The summed E-state index contributed by atoms with van der Waals surface area (Å²) in [6.07, 6.45) is 7.19. The fourth-order valence-electron chi connectivity index (χ4n) is 9.21. The molecule has 62 heavy (non-hydrogen) atoms. The van der Waals surface area contributed by atoms with Gasteiger partial charge in [0.1, 0.15) is 11.6 Å². The molecule has 0 saturated carbocycles. The van der Waals surface area contributed by atoms with E-state index >= 15 is 0 Å². The number of nitrogens with one attached hydrogen (secondary N) is 3. The van der Waals surface area contributed by atoms with E-state index in [4.69, 9.17) is 11.6 Å². The number of carbonyl (C=O) groups is 2. The van der Waals surface area contributed by atoms with Gasteiger partial charge >= 0.3 is 20.4 Å². The quantitative estimate of drug-likeness (QED) is 0.224. The Balaban J connectivity index is 0.000000346. The summed E-state index contributed by atoms with van der Waals surface area (Å²) in [5, 5.41) is 3.83. The molecule has 4 aliphatic rings. The molecule has 2 atom stereocenters. The number of anilines is 2. The molecule has 1 aromatic carbocycles. The summed E-state index contributed by atoms with van der Waals surface area (Å²) in [4.78, 5) is 41.2. The van der Waals surface area contributed by atoms with Crippen molar-refractivity contribution in [3.05, 3.63) is 82.6 Å². The van der Waals surface area contributed by atoms with Gasteiger partial charge in [0, 0.05) is 98.2 Å². The summed E-state index contributed by atoms with van der Waals surface area (Å²) >= 11 is 5.94. The molecule has 0 bridgehead atoms. The van der Waals surface area contributed by atoms with Gasteiger partial charge in [-0.3, -0.25) is 9.59 Å². The Morgan fingerprint density at radius 2 is 1.18 bits per heavy atom. The van der Waals surface area contributed by atoms with E-state index in [1.165, 1.54) is 14.2 Å². The van der Waals surface area contributed by atoms with E-state index in [2.05, 4.69) is 81.0 Å². The predicted molar refractivity (Wildman–Crippen MR) is 250 cm³/mol. The van der Waals surface area contributed by atoms with Gasteiger partial charge in [0.2, 0.25) is 0 Å². The average molecular weight is 922 g/mol. The maximum atomic E-state index is 13.1. The second kappa shape index (κ2) is 19.9. The van der Waals surface area contributed by atoms with Crippen molar-refractivity contribution in [2.24, 2.45) is 11.8 Å². The van der Waals surface area contributed by atoms with Gasteiger partial charge in [-0.1, -0.05) is 37.6 Å². The lowest BCUT2D eigenvalue weighted by Crippen LogP contribution is -2.53. The Morgan fingerprint density at radius 1 is 0.726 bits per heavy atom.